The van der Waals surface area contributed by atoms with Crippen molar-refractivity contribution in [2.45, 2.75) is 24.8 Å². The van der Waals surface area contributed by atoms with Crippen LogP contribution in [0.25, 0.3) is 11.0 Å². The first kappa shape index (κ1) is 21.8. The summed E-state index contributed by atoms with van der Waals surface area (Å²) in [6.07, 6.45) is 2.88. The number of hydrogen-bond acceptors (Lipinski definition) is 8. The van der Waals surface area contributed by atoms with Gasteiger partial charge in [0.15, 0.2) is 15.5 Å². The molecule has 1 aliphatic rings. The summed E-state index contributed by atoms with van der Waals surface area (Å²) in [7, 11) is -1.50. The first-order valence-electron chi connectivity index (χ1n) is 10.1. The second-order valence-electron chi connectivity index (χ2n) is 8.08. The maximum Gasteiger partial charge on any atom is 0.321 e. The van der Waals surface area contributed by atoms with E-state index in [2.05, 4.69) is 25.3 Å². The number of anilines is 3. The zero-order valence-corrected chi connectivity index (χ0v) is 19.2. The number of aryl methyl sites for hydroxylation is 2. The number of carbonyl (C=O) groups excluding carboxylic acids is 1. The second kappa shape index (κ2) is 7.93. The van der Waals surface area contributed by atoms with Crippen LogP contribution in [0.4, 0.5) is 22.2 Å². The fraction of sp³-hybridized carbons (Fsp3) is 0.400. The van der Waals surface area contributed by atoms with E-state index < -0.39 is 9.84 Å². The molecule has 4 rings (SSSR count). The third-order valence-corrected chi connectivity index (χ3v) is 6.75. The summed E-state index contributed by atoms with van der Waals surface area (Å²) in [5.74, 6) is 0.886. The van der Waals surface area contributed by atoms with Gasteiger partial charge in [0.2, 0.25) is 5.95 Å². The number of benzene rings is 1. The molecule has 11 nitrogen and oxygen atoms in total. The number of rotatable bonds is 3. The standard InChI is InChI=1S/C20H26N8O3S/c1-12-9-14(32(4,30)31)5-6-16(12)23-20(29)27-7-8-28(13(2)11-27)18-15-10-22-26(3)17(15)24-19(21)25-18/h5-6,9-10,13H,7-8,11H2,1-4H3,(H,23,29)(H2,21,24,25)/t13-/m0/s1. The molecule has 0 aliphatic carbocycles. The molecule has 0 bridgehead atoms. The number of aromatic nitrogens is 4. The van der Waals surface area contributed by atoms with Crippen LogP contribution in [0.3, 0.4) is 0 Å². The van der Waals surface area contributed by atoms with E-state index >= 15 is 0 Å². The predicted molar refractivity (Wildman–Crippen MR) is 122 cm³/mol. The number of piperazine rings is 1. The van der Waals surface area contributed by atoms with Crippen LogP contribution in [0.15, 0.2) is 29.3 Å². The maximum absolute atomic E-state index is 12.9. The Kier molecular flexibility index (Phi) is 5.41. The number of urea groups is 1. The minimum atomic E-state index is -3.30. The lowest BCUT2D eigenvalue weighted by Crippen LogP contribution is -2.55. The van der Waals surface area contributed by atoms with E-state index in [1.165, 1.54) is 6.07 Å². The summed E-state index contributed by atoms with van der Waals surface area (Å²) in [4.78, 5) is 25.6. The Labute approximate surface area is 186 Å². The molecule has 3 aromatic rings. The Hall–Kier alpha value is -3.41. The number of sulfone groups is 1. The second-order valence-corrected chi connectivity index (χ2v) is 10.1. The first-order chi connectivity index (χ1) is 15.0. The van der Waals surface area contributed by atoms with Gasteiger partial charge < -0.3 is 20.9 Å². The largest absolute Gasteiger partial charge is 0.368 e. The number of fused-ring (bicyclic) bond motifs is 1. The van der Waals surface area contributed by atoms with Crippen molar-refractivity contribution in [1.29, 1.82) is 0 Å². The molecule has 1 fully saturated rings. The normalized spacial score (nSPS) is 17.1. The fourth-order valence-corrected chi connectivity index (χ4v) is 4.61. The number of nitrogen functional groups attached to an aromatic ring is 1. The van der Waals surface area contributed by atoms with Crippen LogP contribution >= 0.6 is 0 Å². The molecule has 1 saturated heterocycles. The Balaban J connectivity index is 1.49. The third-order valence-electron chi connectivity index (χ3n) is 5.64. The molecule has 12 heteroatoms. The highest BCUT2D eigenvalue weighted by atomic mass is 32.2. The molecular formula is C20H26N8O3S. The fourth-order valence-electron chi connectivity index (χ4n) is 3.90. The first-order valence-corrected chi connectivity index (χ1v) is 12.0. The van der Waals surface area contributed by atoms with Crippen molar-refractivity contribution in [2.75, 3.05) is 41.8 Å². The molecule has 0 spiro atoms. The Morgan fingerprint density at radius 1 is 1.25 bits per heavy atom. The van der Waals surface area contributed by atoms with Crippen molar-refractivity contribution in [2.24, 2.45) is 7.05 Å². The van der Waals surface area contributed by atoms with Gasteiger partial charge in [0.1, 0.15) is 5.82 Å². The number of nitrogens with two attached hydrogens (primary N) is 1. The van der Waals surface area contributed by atoms with Crippen LogP contribution in [0.2, 0.25) is 0 Å². The lowest BCUT2D eigenvalue weighted by atomic mass is 10.1. The van der Waals surface area contributed by atoms with Gasteiger partial charge in [-0.1, -0.05) is 0 Å². The highest BCUT2D eigenvalue weighted by Gasteiger charge is 2.29. The van der Waals surface area contributed by atoms with Crippen molar-refractivity contribution in [3.63, 3.8) is 0 Å². The van der Waals surface area contributed by atoms with Gasteiger partial charge in [0.05, 0.1) is 16.5 Å². The molecule has 1 aromatic carbocycles. The lowest BCUT2D eigenvalue weighted by Gasteiger charge is -2.40. The van der Waals surface area contributed by atoms with Crippen molar-refractivity contribution < 1.29 is 13.2 Å². The molecular weight excluding hydrogens is 432 g/mol. The number of carbonyl (C=O) groups is 1. The number of hydrogen-bond donors (Lipinski definition) is 2. The average molecular weight is 459 g/mol. The van der Waals surface area contributed by atoms with E-state index in [1.807, 2.05) is 6.92 Å². The highest BCUT2D eigenvalue weighted by molar-refractivity contribution is 7.90. The van der Waals surface area contributed by atoms with Crippen LogP contribution in [-0.2, 0) is 16.9 Å². The minimum absolute atomic E-state index is 0.0130. The van der Waals surface area contributed by atoms with E-state index in [1.54, 1.807) is 41.9 Å². The van der Waals surface area contributed by atoms with Gasteiger partial charge in [-0.25, -0.2) is 13.2 Å². The SMILES string of the molecule is Cc1cc(S(C)(=O)=O)ccc1NC(=O)N1CCN(c2nc(N)nc3c2cnn3C)[C@@H](C)C1. The molecule has 0 saturated carbocycles. The van der Waals surface area contributed by atoms with Crippen molar-refractivity contribution in [3.05, 3.63) is 30.0 Å². The molecule has 0 radical (unpaired) electrons. The molecule has 3 heterocycles. The molecule has 1 aliphatic heterocycles. The van der Waals surface area contributed by atoms with Crippen LogP contribution in [0.1, 0.15) is 12.5 Å². The van der Waals surface area contributed by atoms with E-state index in [4.69, 9.17) is 5.73 Å². The van der Waals surface area contributed by atoms with Gasteiger partial charge in [-0.15, -0.1) is 0 Å². The van der Waals surface area contributed by atoms with Crippen molar-refractivity contribution in [3.8, 4) is 0 Å². The summed E-state index contributed by atoms with van der Waals surface area (Å²) in [5, 5.41) is 7.96. The number of nitrogens with one attached hydrogen (secondary N) is 1. The molecule has 0 unspecified atom stereocenters. The molecule has 2 amide bonds. The minimum Gasteiger partial charge on any atom is -0.368 e. The van der Waals surface area contributed by atoms with Crippen molar-refractivity contribution >= 4 is 44.4 Å². The van der Waals surface area contributed by atoms with Crippen molar-refractivity contribution in [1.82, 2.24) is 24.6 Å². The maximum atomic E-state index is 12.9. The van der Waals surface area contributed by atoms with Crippen LogP contribution in [0.5, 0.6) is 0 Å². The smallest absolute Gasteiger partial charge is 0.321 e. The summed E-state index contributed by atoms with van der Waals surface area (Å²) in [6, 6.07) is 4.43. The lowest BCUT2D eigenvalue weighted by molar-refractivity contribution is 0.200. The van der Waals surface area contributed by atoms with Gasteiger partial charge in [-0.3, -0.25) is 4.68 Å². The van der Waals surface area contributed by atoms with Gasteiger partial charge in [-0.2, -0.15) is 15.1 Å². The van der Waals surface area contributed by atoms with E-state index in [0.717, 1.165) is 11.6 Å². The monoisotopic (exact) mass is 458 g/mol. The molecule has 32 heavy (non-hydrogen) atoms. The Morgan fingerprint density at radius 2 is 2.00 bits per heavy atom. The summed E-state index contributed by atoms with van der Waals surface area (Å²) < 4.78 is 25.1. The predicted octanol–water partition coefficient (Wildman–Crippen LogP) is 1.40. The zero-order valence-electron chi connectivity index (χ0n) is 18.4. The molecule has 2 aromatic heterocycles. The van der Waals surface area contributed by atoms with Crippen LogP contribution in [-0.4, -0.2) is 71.0 Å². The topological polar surface area (TPSA) is 139 Å². The van der Waals surface area contributed by atoms with Crippen LogP contribution in [0, 0.1) is 6.92 Å². The summed E-state index contributed by atoms with van der Waals surface area (Å²) >= 11 is 0. The summed E-state index contributed by atoms with van der Waals surface area (Å²) in [6.45, 7) is 5.33. The van der Waals surface area contributed by atoms with Gasteiger partial charge in [0.25, 0.3) is 0 Å². The quantitative estimate of drug-likeness (QED) is 0.600. The van der Waals surface area contributed by atoms with E-state index in [0.29, 0.717) is 42.4 Å². The van der Waals surface area contributed by atoms with Gasteiger partial charge in [0, 0.05) is 44.7 Å². The number of amides is 2. The average Bonchev–Trinajstić information content (AvgIpc) is 3.08. The molecule has 170 valence electrons. The van der Waals surface area contributed by atoms with E-state index in [-0.39, 0.29) is 22.9 Å². The van der Waals surface area contributed by atoms with E-state index in [9.17, 15) is 13.2 Å². The van der Waals surface area contributed by atoms with Gasteiger partial charge >= 0.3 is 6.03 Å². The molecule has 3 N–H and O–H groups in total. The third kappa shape index (κ3) is 4.05. The van der Waals surface area contributed by atoms with Crippen LogP contribution < -0.4 is 16.0 Å². The molecule has 1 atom stereocenters. The zero-order chi connectivity index (χ0) is 23.2. The number of nitrogens with zero attached hydrogens (tertiary/aromatic N) is 6. The highest BCUT2D eigenvalue weighted by Crippen LogP contribution is 2.28. The Bertz CT molecular complexity index is 1300. The summed E-state index contributed by atoms with van der Waals surface area (Å²) in [5.41, 5.74) is 7.84. The van der Waals surface area contributed by atoms with Gasteiger partial charge in [-0.05, 0) is 37.6 Å². The Morgan fingerprint density at radius 3 is 2.66 bits per heavy atom.